The van der Waals surface area contributed by atoms with Crippen LogP contribution in [0.4, 0.5) is 0 Å². The number of amides is 1. The summed E-state index contributed by atoms with van der Waals surface area (Å²) in [6, 6.07) is 7.89. The molecule has 0 spiro atoms. The molecule has 0 saturated heterocycles. The molecule has 98 valence electrons. The Morgan fingerprint density at radius 1 is 1.44 bits per heavy atom. The third kappa shape index (κ3) is 3.33. The summed E-state index contributed by atoms with van der Waals surface area (Å²) >= 11 is 0. The standard InChI is InChI=1S/C15H22N2O/c1-11-4-2-7-14(8-11)17-15(18)13-6-3-5-12(9-13)10-16/h3,5-6,9,11,14H,2,4,7-8,10,16H2,1H3,(H,17,18). The van der Waals surface area contributed by atoms with Gasteiger partial charge in [-0.1, -0.05) is 31.9 Å². The van der Waals surface area contributed by atoms with Crippen molar-refractivity contribution >= 4 is 5.91 Å². The molecule has 2 unspecified atom stereocenters. The highest BCUT2D eigenvalue weighted by atomic mass is 16.1. The molecule has 0 aromatic heterocycles. The first-order valence-electron chi connectivity index (χ1n) is 6.79. The molecule has 2 atom stereocenters. The van der Waals surface area contributed by atoms with E-state index < -0.39 is 0 Å². The summed E-state index contributed by atoms with van der Waals surface area (Å²) in [5, 5.41) is 3.14. The lowest BCUT2D eigenvalue weighted by Gasteiger charge is -2.27. The van der Waals surface area contributed by atoms with Gasteiger partial charge in [0.05, 0.1) is 0 Å². The number of hydrogen-bond donors (Lipinski definition) is 2. The molecule has 2 rings (SSSR count). The van der Waals surface area contributed by atoms with Gasteiger partial charge in [-0.3, -0.25) is 4.79 Å². The maximum absolute atomic E-state index is 12.1. The molecule has 1 amide bonds. The maximum atomic E-state index is 12.1. The van der Waals surface area contributed by atoms with Gasteiger partial charge in [-0.15, -0.1) is 0 Å². The zero-order chi connectivity index (χ0) is 13.0. The minimum atomic E-state index is 0.0319. The summed E-state index contributed by atoms with van der Waals surface area (Å²) in [7, 11) is 0. The summed E-state index contributed by atoms with van der Waals surface area (Å²) in [5.74, 6) is 0.754. The summed E-state index contributed by atoms with van der Waals surface area (Å²) < 4.78 is 0. The maximum Gasteiger partial charge on any atom is 0.251 e. The number of rotatable bonds is 3. The van der Waals surface area contributed by atoms with E-state index in [1.165, 1.54) is 12.8 Å². The summed E-state index contributed by atoms with van der Waals surface area (Å²) in [6.45, 7) is 2.73. The van der Waals surface area contributed by atoms with Crippen molar-refractivity contribution in [3.05, 3.63) is 35.4 Å². The quantitative estimate of drug-likeness (QED) is 0.860. The SMILES string of the molecule is CC1CCCC(NC(=O)c2cccc(CN)c2)C1. The Labute approximate surface area is 109 Å². The molecule has 0 radical (unpaired) electrons. The number of nitrogens with one attached hydrogen (secondary N) is 1. The topological polar surface area (TPSA) is 55.1 Å². The Morgan fingerprint density at radius 2 is 2.28 bits per heavy atom. The van der Waals surface area contributed by atoms with E-state index in [1.54, 1.807) is 0 Å². The van der Waals surface area contributed by atoms with E-state index in [-0.39, 0.29) is 5.91 Å². The second-order valence-corrected chi connectivity index (χ2v) is 5.35. The molecule has 0 bridgehead atoms. The van der Waals surface area contributed by atoms with Crippen LogP contribution in [0.15, 0.2) is 24.3 Å². The van der Waals surface area contributed by atoms with Crippen molar-refractivity contribution in [2.45, 2.75) is 45.2 Å². The Bertz CT molecular complexity index is 417. The molecule has 1 aromatic rings. The molecule has 1 aliphatic rings. The average Bonchev–Trinajstić information content (AvgIpc) is 2.39. The second kappa shape index (κ2) is 6.01. The van der Waals surface area contributed by atoms with Gasteiger partial charge in [-0.05, 0) is 36.5 Å². The van der Waals surface area contributed by atoms with Crippen molar-refractivity contribution in [2.75, 3.05) is 0 Å². The van der Waals surface area contributed by atoms with Crippen LogP contribution in [0.5, 0.6) is 0 Å². The molecule has 1 saturated carbocycles. The Hall–Kier alpha value is -1.35. The van der Waals surface area contributed by atoms with E-state index >= 15 is 0 Å². The number of hydrogen-bond acceptors (Lipinski definition) is 2. The molecule has 3 N–H and O–H groups in total. The van der Waals surface area contributed by atoms with Crippen LogP contribution < -0.4 is 11.1 Å². The minimum absolute atomic E-state index is 0.0319. The molecule has 1 aliphatic carbocycles. The van der Waals surface area contributed by atoms with E-state index in [4.69, 9.17) is 5.73 Å². The van der Waals surface area contributed by atoms with Crippen molar-refractivity contribution in [2.24, 2.45) is 11.7 Å². The Morgan fingerprint density at radius 3 is 3.00 bits per heavy atom. The first-order chi connectivity index (χ1) is 8.69. The van der Waals surface area contributed by atoms with Gasteiger partial charge in [0.1, 0.15) is 0 Å². The van der Waals surface area contributed by atoms with Crippen molar-refractivity contribution in [3.8, 4) is 0 Å². The van der Waals surface area contributed by atoms with Crippen LogP contribution in [-0.4, -0.2) is 11.9 Å². The number of carbonyl (C=O) groups is 1. The third-order valence-electron chi connectivity index (χ3n) is 3.70. The van der Waals surface area contributed by atoms with Crippen molar-refractivity contribution < 1.29 is 4.79 Å². The lowest BCUT2D eigenvalue weighted by Crippen LogP contribution is -2.38. The van der Waals surface area contributed by atoms with Crippen LogP contribution in [0.1, 0.15) is 48.5 Å². The first-order valence-corrected chi connectivity index (χ1v) is 6.79. The number of nitrogens with two attached hydrogens (primary N) is 1. The fraction of sp³-hybridized carbons (Fsp3) is 0.533. The van der Waals surface area contributed by atoms with Crippen LogP contribution in [0.2, 0.25) is 0 Å². The Kier molecular flexibility index (Phi) is 4.37. The zero-order valence-corrected chi connectivity index (χ0v) is 11.0. The molecule has 0 heterocycles. The third-order valence-corrected chi connectivity index (χ3v) is 3.70. The van der Waals surface area contributed by atoms with E-state index in [9.17, 15) is 4.79 Å². The van der Waals surface area contributed by atoms with Gasteiger partial charge < -0.3 is 11.1 Å². The predicted octanol–water partition coefficient (Wildman–Crippen LogP) is 2.45. The van der Waals surface area contributed by atoms with Crippen molar-refractivity contribution in [3.63, 3.8) is 0 Å². The zero-order valence-electron chi connectivity index (χ0n) is 11.0. The summed E-state index contributed by atoms with van der Waals surface area (Å²) in [6.07, 6.45) is 4.71. The lowest BCUT2D eigenvalue weighted by atomic mass is 9.87. The minimum Gasteiger partial charge on any atom is -0.349 e. The Balaban J connectivity index is 1.98. The summed E-state index contributed by atoms with van der Waals surface area (Å²) in [4.78, 5) is 12.1. The number of benzene rings is 1. The first kappa shape index (κ1) is 13.1. The van der Waals surface area contributed by atoms with Crippen LogP contribution in [0.3, 0.4) is 0 Å². The van der Waals surface area contributed by atoms with Gasteiger partial charge in [-0.25, -0.2) is 0 Å². The van der Waals surface area contributed by atoms with Crippen LogP contribution >= 0.6 is 0 Å². The van der Waals surface area contributed by atoms with Gasteiger partial charge in [0.2, 0.25) is 0 Å². The lowest BCUT2D eigenvalue weighted by molar-refractivity contribution is 0.0921. The smallest absolute Gasteiger partial charge is 0.251 e. The largest absolute Gasteiger partial charge is 0.349 e. The highest BCUT2D eigenvalue weighted by Gasteiger charge is 2.20. The molecule has 1 fully saturated rings. The molecular formula is C15H22N2O. The molecular weight excluding hydrogens is 224 g/mol. The monoisotopic (exact) mass is 246 g/mol. The average molecular weight is 246 g/mol. The molecule has 0 aliphatic heterocycles. The highest BCUT2D eigenvalue weighted by Crippen LogP contribution is 2.23. The van der Waals surface area contributed by atoms with E-state index in [0.717, 1.165) is 29.9 Å². The van der Waals surface area contributed by atoms with Crippen LogP contribution in [0.25, 0.3) is 0 Å². The molecule has 1 aromatic carbocycles. The van der Waals surface area contributed by atoms with Gasteiger partial charge in [0.25, 0.3) is 5.91 Å². The van der Waals surface area contributed by atoms with Crippen LogP contribution in [0, 0.1) is 5.92 Å². The van der Waals surface area contributed by atoms with Crippen molar-refractivity contribution in [1.82, 2.24) is 5.32 Å². The summed E-state index contributed by atoms with van der Waals surface area (Å²) in [5.41, 5.74) is 7.31. The van der Waals surface area contributed by atoms with E-state index in [2.05, 4.69) is 12.2 Å². The molecule has 18 heavy (non-hydrogen) atoms. The van der Waals surface area contributed by atoms with E-state index in [1.807, 2.05) is 24.3 Å². The highest BCUT2D eigenvalue weighted by molar-refractivity contribution is 5.94. The molecule has 3 heteroatoms. The van der Waals surface area contributed by atoms with Crippen LogP contribution in [-0.2, 0) is 6.54 Å². The second-order valence-electron chi connectivity index (χ2n) is 5.35. The predicted molar refractivity (Wildman–Crippen MR) is 73.2 cm³/mol. The van der Waals surface area contributed by atoms with Gasteiger partial charge in [-0.2, -0.15) is 0 Å². The normalized spacial score (nSPS) is 23.7. The van der Waals surface area contributed by atoms with Gasteiger partial charge in [0, 0.05) is 18.2 Å². The van der Waals surface area contributed by atoms with E-state index in [0.29, 0.717) is 12.6 Å². The fourth-order valence-corrected chi connectivity index (χ4v) is 2.67. The van der Waals surface area contributed by atoms with Crippen molar-refractivity contribution in [1.29, 1.82) is 0 Å². The van der Waals surface area contributed by atoms with Gasteiger partial charge >= 0.3 is 0 Å². The molecule has 3 nitrogen and oxygen atoms in total. The fourth-order valence-electron chi connectivity index (χ4n) is 2.67. The van der Waals surface area contributed by atoms with Gasteiger partial charge in [0.15, 0.2) is 0 Å². The number of carbonyl (C=O) groups excluding carboxylic acids is 1.